The molecule has 1 heterocycles. The van der Waals surface area contributed by atoms with Gasteiger partial charge in [-0.2, -0.15) is 0 Å². The summed E-state index contributed by atoms with van der Waals surface area (Å²) in [5, 5.41) is 9.12. The number of hydrogen-bond acceptors (Lipinski definition) is 7. The third-order valence-corrected chi connectivity index (χ3v) is 7.81. The van der Waals surface area contributed by atoms with Crippen molar-refractivity contribution in [3.8, 4) is 17.2 Å². The average molecular weight is 450 g/mol. The number of carbonyl (C=O) groups is 1. The van der Waals surface area contributed by atoms with Crippen LogP contribution in [0.1, 0.15) is 32.6 Å². The van der Waals surface area contributed by atoms with Crippen LogP contribution in [0.3, 0.4) is 0 Å². The number of hydroxylamine groups is 1. The lowest BCUT2D eigenvalue weighted by Crippen LogP contribution is -2.54. The standard InChI is InChI=1S/C22H27NO7S/c1-2-3-14-29-17-4-6-18(7-5-17)30-19-8-10-20(11-9-19)31(26,27)22(21(24)23-25)12-15-28-16-13-22/h4-11,25H,2-3,12-16H2,1H3,(H,23,24). The van der Waals surface area contributed by atoms with Crippen LogP contribution >= 0.6 is 0 Å². The van der Waals surface area contributed by atoms with Crippen molar-refractivity contribution >= 4 is 15.7 Å². The van der Waals surface area contributed by atoms with Gasteiger partial charge in [0.2, 0.25) is 0 Å². The third-order valence-electron chi connectivity index (χ3n) is 5.29. The van der Waals surface area contributed by atoms with Crippen LogP contribution in [0, 0.1) is 0 Å². The van der Waals surface area contributed by atoms with E-state index in [1.165, 1.54) is 29.7 Å². The first-order chi connectivity index (χ1) is 14.9. The normalized spacial score (nSPS) is 15.8. The summed E-state index contributed by atoms with van der Waals surface area (Å²) in [5.74, 6) is 0.841. The molecule has 0 aromatic heterocycles. The Morgan fingerprint density at radius 1 is 1.03 bits per heavy atom. The Morgan fingerprint density at radius 3 is 2.13 bits per heavy atom. The second-order valence-electron chi connectivity index (χ2n) is 7.30. The van der Waals surface area contributed by atoms with Crippen LogP contribution in [0.15, 0.2) is 53.4 Å². The summed E-state index contributed by atoms with van der Waals surface area (Å²) >= 11 is 0. The molecule has 1 amide bonds. The molecule has 0 unspecified atom stereocenters. The first-order valence-electron chi connectivity index (χ1n) is 10.2. The zero-order valence-corrected chi connectivity index (χ0v) is 18.2. The quantitative estimate of drug-likeness (QED) is 0.342. The molecule has 0 bridgehead atoms. The first kappa shape index (κ1) is 23.1. The van der Waals surface area contributed by atoms with Gasteiger partial charge in [0, 0.05) is 13.2 Å². The molecule has 0 atom stereocenters. The molecule has 9 heteroatoms. The van der Waals surface area contributed by atoms with Crippen LogP contribution < -0.4 is 15.0 Å². The average Bonchev–Trinajstić information content (AvgIpc) is 2.80. The molecular weight excluding hydrogens is 422 g/mol. The molecule has 3 rings (SSSR count). The molecule has 0 spiro atoms. The SMILES string of the molecule is CCCCOc1ccc(Oc2ccc(S(=O)(=O)C3(C(=O)NO)CCOCC3)cc2)cc1. The van der Waals surface area contributed by atoms with E-state index in [9.17, 15) is 13.2 Å². The van der Waals surface area contributed by atoms with Crippen LogP contribution in [0.25, 0.3) is 0 Å². The molecule has 168 valence electrons. The number of amides is 1. The monoisotopic (exact) mass is 449 g/mol. The summed E-state index contributed by atoms with van der Waals surface area (Å²) in [6, 6.07) is 13.0. The molecule has 2 aromatic carbocycles. The van der Waals surface area contributed by atoms with Gasteiger partial charge in [0.1, 0.15) is 17.2 Å². The number of sulfone groups is 1. The molecule has 1 saturated heterocycles. The van der Waals surface area contributed by atoms with E-state index in [1.807, 2.05) is 12.1 Å². The van der Waals surface area contributed by atoms with Crippen molar-refractivity contribution in [2.24, 2.45) is 0 Å². The molecule has 0 saturated carbocycles. The Balaban J connectivity index is 1.74. The highest BCUT2D eigenvalue weighted by atomic mass is 32.2. The lowest BCUT2D eigenvalue weighted by atomic mass is 9.98. The van der Waals surface area contributed by atoms with Gasteiger partial charge >= 0.3 is 0 Å². The molecular formula is C22H27NO7S. The summed E-state index contributed by atoms with van der Waals surface area (Å²) in [6.07, 6.45) is 1.98. The van der Waals surface area contributed by atoms with E-state index >= 15 is 0 Å². The van der Waals surface area contributed by atoms with Crippen molar-refractivity contribution < 1.29 is 32.6 Å². The summed E-state index contributed by atoms with van der Waals surface area (Å²) in [7, 11) is -4.07. The summed E-state index contributed by atoms with van der Waals surface area (Å²) in [5.41, 5.74) is 1.51. The molecule has 1 aliphatic rings. The van der Waals surface area contributed by atoms with Gasteiger partial charge in [-0.15, -0.1) is 0 Å². The van der Waals surface area contributed by atoms with E-state index in [0.717, 1.165) is 18.6 Å². The minimum Gasteiger partial charge on any atom is -0.494 e. The van der Waals surface area contributed by atoms with Crippen molar-refractivity contribution in [3.63, 3.8) is 0 Å². The molecule has 0 aliphatic carbocycles. The fourth-order valence-corrected chi connectivity index (χ4v) is 5.35. The summed E-state index contributed by atoms with van der Waals surface area (Å²) in [4.78, 5) is 12.3. The predicted octanol–water partition coefficient (Wildman–Crippen LogP) is 3.49. The van der Waals surface area contributed by atoms with E-state index in [-0.39, 0.29) is 31.0 Å². The van der Waals surface area contributed by atoms with Gasteiger partial charge in [-0.25, -0.2) is 13.9 Å². The van der Waals surface area contributed by atoms with E-state index < -0.39 is 20.5 Å². The second kappa shape index (κ2) is 10.1. The first-order valence-corrected chi connectivity index (χ1v) is 11.7. The fraction of sp³-hybridized carbons (Fsp3) is 0.409. The van der Waals surface area contributed by atoms with Gasteiger partial charge in [0.05, 0.1) is 11.5 Å². The minimum absolute atomic E-state index is 0.0231. The number of hydrogen-bond donors (Lipinski definition) is 2. The van der Waals surface area contributed by atoms with Gasteiger partial charge in [-0.3, -0.25) is 10.0 Å². The predicted molar refractivity (Wildman–Crippen MR) is 113 cm³/mol. The zero-order chi connectivity index (χ0) is 22.3. The Labute approximate surface area is 182 Å². The topological polar surface area (TPSA) is 111 Å². The number of nitrogens with one attached hydrogen (secondary N) is 1. The zero-order valence-electron chi connectivity index (χ0n) is 17.4. The number of unbranched alkanes of at least 4 members (excludes halogenated alkanes) is 1. The highest BCUT2D eigenvalue weighted by Gasteiger charge is 2.52. The summed E-state index contributed by atoms with van der Waals surface area (Å²) < 4.78 is 41.3. The van der Waals surface area contributed by atoms with Gasteiger partial charge in [-0.1, -0.05) is 13.3 Å². The number of carbonyl (C=O) groups excluding carboxylic acids is 1. The van der Waals surface area contributed by atoms with E-state index in [1.54, 1.807) is 12.1 Å². The Morgan fingerprint density at radius 2 is 1.58 bits per heavy atom. The molecule has 1 aliphatic heterocycles. The highest BCUT2D eigenvalue weighted by Crippen LogP contribution is 2.36. The van der Waals surface area contributed by atoms with E-state index in [4.69, 9.17) is 19.4 Å². The maximum absolute atomic E-state index is 13.2. The van der Waals surface area contributed by atoms with Crippen molar-refractivity contribution in [1.29, 1.82) is 0 Å². The lowest BCUT2D eigenvalue weighted by Gasteiger charge is -2.34. The van der Waals surface area contributed by atoms with Crippen LogP contribution in [-0.2, 0) is 19.4 Å². The number of benzene rings is 2. The number of rotatable bonds is 9. The van der Waals surface area contributed by atoms with Gasteiger partial charge in [-0.05, 0) is 67.8 Å². The molecule has 2 aromatic rings. The van der Waals surface area contributed by atoms with Gasteiger partial charge in [0.15, 0.2) is 14.6 Å². The largest absolute Gasteiger partial charge is 0.494 e. The van der Waals surface area contributed by atoms with Crippen LogP contribution in [-0.4, -0.2) is 44.1 Å². The smallest absolute Gasteiger partial charge is 0.265 e. The Hall–Kier alpha value is -2.62. The molecule has 8 nitrogen and oxygen atoms in total. The molecule has 1 fully saturated rings. The van der Waals surface area contributed by atoms with Crippen molar-refractivity contribution in [3.05, 3.63) is 48.5 Å². The van der Waals surface area contributed by atoms with Crippen molar-refractivity contribution in [1.82, 2.24) is 5.48 Å². The fourth-order valence-electron chi connectivity index (χ4n) is 3.41. The Bertz CT molecular complexity index is 966. The van der Waals surface area contributed by atoms with Crippen molar-refractivity contribution in [2.75, 3.05) is 19.8 Å². The van der Waals surface area contributed by atoms with E-state index in [2.05, 4.69) is 6.92 Å². The maximum Gasteiger partial charge on any atom is 0.265 e. The Kier molecular flexibility index (Phi) is 7.53. The summed E-state index contributed by atoms with van der Waals surface area (Å²) in [6.45, 7) is 2.99. The third kappa shape index (κ3) is 5.00. The number of ether oxygens (including phenoxy) is 3. The maximum atomic E-state index is 13.2. The molecule has 2 N–H and O–H groups in total. The molecule has 0 radical (unpaired) electrons. The molecule has 31 heavy (non-hydrogen) atoms. The van der Waals surface area contributed by atoms with Crippen LogP contribution in [0.5, 0.6) is 17.2 Å². The van der Waals surface area contributed by atoms with Gasteiger partial charge < -0.3 is 14.2 Å². The highest BCUT2D eigenvalue weighted by molar-refractivity contribution is 7.93. The minimum atomic E-state index is -4.07. The lowest BCUT2D eigenvalue weighted by molar-refractivity contribution is -0.134. The van der Waals surface area contributed by atoms with Crippen LogP contribution in [0.4, 0.5) is 0 Å². The van der Waals surface area contributed by atoms with Crippen LogP contribution in [0.2, 0.25) is 0 Å². The van der Waals surface area contributed by atoms with Gasteiger partial charge in [0.25, 0.3) is 5.91 Å². The van der Waals surface area contributed by atoms with E-state index in [0.29, 0.717) is 18.1 Å². The second-order valence-corrected chi connectivity index (χ2v) is 9.56. The van der Waals surface area contributed by atoms with Crippen molar-refractivity contribution in [2.45, 2.75) is 42.2 Å².